The highest BCUT2D eigenvalue weighted by atomic mass is 19.4. The minimum absolute atomic E-state index is 0.157. The molecule has 0 aliphatic carbocycles. The van der Waals surface area contributed by atoms with Gasteiger partial charge in [0.05, 0.1) is 11.3 Å². The molecule has 0 spiro atoms. The summed E-state index contributed by atoms with van der Waals surface area (Å²) in [6.07, 6.45) is 0.908. The van der Waals surface area contributed by atoms with Gasteiger partial charge in [-0.15, -0.1) is 5.10 Å². The standard InChI is InChI=1S/C18H19F3N6/c19-18(20,21)12-3-5-13(6-4-12)25-15-14(11-2-1-7-23-10-11)16(22)26-27-9-8-24-17(15)27/h3-6,8-9,11,23,25H,1-2,7,10H2,(H2,22,26)/t11-/m1/s1. The van der Waals surface area contributed by atoms with E-state index in [1.54, 1.807) is 16.9 Å². The summed E-state index contributed by atoms with van der Waals surface area (Å²) < 4.78 is 40.0. The van der Waals surface area contributed by atoms with Crippen molar-refractivity contribution in [3.8, 4) is 0 Å². The molecule has 27 heavy (non-hydrogen) atoms. The molecule has 3 heterocycles. The molecule has 0 unspecified atom stereocenters. The Hall–Kier alpha value is -2.81. The Bertz CT molecular complexity index is 942. The van der Waals surface area contributed by atoms with Crippen LogP contribution in [-0.2, 0) is 6.18 Å². The number of nitrogens with one attached hydrogen (secondary N) is 2. The van der Waals surface area contributed by atoms with Gasteiger partial charge < -0.3 is 16.4 Å². The molecule has 0 radical (unpaired) electrons. The van der Waals surface area contributed by atoms with E-state index in [-0.39, 0.29) is 5.92 Å². The van der Waals surface area contributed by atoms with Gasteiger partial charge in [-0.1, -0.05) is 0 Å². The third kappa shape index (κ3) is 3.42. The molecule has 1 aliphatic rings. The number of hydrogen-bond donors (Lipinski definition) is 3. The van der Waals surface area contributed by atoms with Crippen molar-refractivity contribution in [1.82, 2.24) is 19.9 Å². The number of imidazole rings is 1. The molecule has 6 nitrogen and oxygen atoms in total. The Labute approximate surface area is 153 Å². The van der Waals surface area contributed by atoms with Crippen molar-refractivity contribution in [2.45, 2.75) is 24.9 Å². The number of nitrogens with two attached hydrogens (primary N) is 1. The molecule has 4 rings (SSSR count). The average Bonchev–Trinajstić information content (AvgIpc) is 3.10. The van der Waals surface area contributed by atoms with Gasteiger partial charge in [-0.05, 0) is 43.7 Å². The van der Waals surface area contributed by atoms with Crippen molar-refractivity contribution in [2.24, 2.45) is 0 Å². The van der Waals surface area contributed by atoms with Crippen LogP contribution in [-0.4, -0.2) is 27.7 Å². The Morgan fingerprint density at radius 3 is 2.67 bits per heavy atom. The first-order valence-electron chi connectivity index (χ1n) is 8.71. The van der Waals surface area contributed by atoms with Crippen LogP contribution in [0.3, 0.4) is 0 Å². The zero-order valence-corrected chi connectivity index (χ0v) is 14.4. The van der Waals surface area contributed by atoms with Crippen LogP contribution in [0.4, 0.5) is 30.4 Å². The van der Waals surface area contributed by atoms with E-state index < -0.39 is 11.7 Å². The number of fused-ring (bicyclic) bond motifs is 1. The second-order valence-electron chi connectivity index (χ2n) is 6.61. The summed E-state index contributed by atoms with van der Waals surface area (Å²) in [4.78, 5) is 4.35. The summed E-state index contributed by atoms with van der Waals surface area (Å²) in [6.45, 7) is 1.72. The minimum Gasteiger partial charge on any atom is -0.382 e. The molecule has 1 fully saturated rings. The van der Waals surface area contributed by atoms with E-state index in [4.69, 9.17) is 5.73 Å². The van der Waals surface area contributed by atoms with Crippen LogP contribution in [0.25, 0.3) is 5.65 Å². The molecular weight excluding hydrogens is 357 g/mol. The second kappa shape index (κ2) is 6.73. The number of aromatic nitrogens is 3. The molecule has 4 N–H and O–H groups in total. The van der Waals surface area contributed by atoms with Crippen LogP contribution in [0, 0.1) is 0 Å². The van der Waals surface area contributed by atoms with Crippen LogP contribution in [0.2, 0.25) is 0 Å². The van der Waals surface area contributed by atoms with Gasteiger partial charge in [0.25, 0.3) is 0 Å². The lowest BCUT2D eigenvalue weighted by Crippen LogP contribution is -2.29. The maximum absolute atomic E-state index is 12.8. The molecule has 1 saturated heterocycles. The summed E-state index contributed by atoms with van der Waals surface area (Å²) >= 11 is 0. The Balaban J connectivity index is 1.76. The largest absolute Gasteiger partial charge is 0.416 e. The van der Waals surface area contributed by atoms with Crippen LogP contribution in [0.5, 0.6) is 0 Å². The van der Waals surface area contributed by atoms with E-state index in [0.29, 0.717) is 22.8 Å². The lowest BCUT2D eigenvalue weighted by Gasteiger charge is -2.26. The van der Waals surface area contributed by atoms with E-state index in [1.165, 1.54) is 12.1 Å². The summed E-state index contributed by atoms with van der Waals surface area (Å²) in [5, 5.41) is 10.9. The Kier molecular flexibility index (Phi) is 4.39. The molecule has 1 atom stereocenters. The van der Waals surface area contributed by atoms with Gasteiger partial charge in [0.1, 0.15) is 5.82 Å². The fraction of sp³-hybridized carbons (Fsp3) is 0.333. The zero-order chi connectivity index (χ0) is 19.0. The van der Waals surface area contributed by atoms with Crippen LogP contribution in [0.15, 0.2) is 36.7 Å². The third-order valence-corrected chi connectivity index (χ3v) is 4.79. The van der Waals surface area contributed by atoms with Gasteiger partial charge in [0.2, 0.25) is 0 Å². The zero-order valence-electron chi connectivity index (χ0n) is 14.4. The number of piperidine rings is 1. The van der Waals surface area contributed by atoms with Gasteiger partial charge in [-0.2, -0.15) is 13.2 Å². The number of nitrogens with zero attached hydrogens (tertiary/aromatic N) is 3. The SMILES string of the molecule is Nc1nn2ccnc2c(Nc2ccc(C(F)(F)F)cc2)c1[C@@H]1CCCNC1. The molecule has 0 saturated carbocycles. The fourth-order valence-corrected chi connectivity index (χ4v) is 3.50. The topological polar surface area (TPSA) is 80.3 Å². The Morgan fingerprint density at radius 2 is 2.00 bits per heavy atom. The maximum Gasteiger partial charge on any atom is 0.416 e. The number of alkyl halides is 3. The maximum atomic E-state index is 12.8. The molecule has 1 aromatic carbocycles. The van der Waals surface area contributed by atoms with Gasteiger partial charge in [0.15, 0.2) is 5.65 Å². The number of benzene rings is 1. The van der Waals surface area contributed by atoms with Gasteiger partial charge >= 0.3 is 6.18 Å². The lowest BCUT2D eigenvalue weighted by atomic mass is 9.91. The minimum atomic E-state index is -4.37. The Morgan fingerprint density at radius 1 is 1.22 bits per heavy atom. The number of halogens is 3. The van der Waals surface area contributed by atoms with Crippen LogP contribution in [0.1, 0.15) is 29.9 Å². The summed E-state index contributed by atoms with van der Waals surface area (Å²) in [5.41, 5.74) is 8.19. The number of rotatable bonds is 3. The van der Waals surface area contributed by atoms with Gasteiger partial charge in [0, 0.05) is 36.1 Å². The van der Waals surface area contributed by atoms with Crippen molar-refractivity contribution in [3.05, 3.63) is 47.8 Å². The summed E-state index contributed by atoms with van der Waals surface area (Å²) in [7, 11) is 0. The van der Waals surface area contributed by atoms with Gasteiger partial charge in [-0.25, -0.2) is 9.50 Å². The smallest absolute Gasteiger partial charge is 0.382 e. The van der Waals surface area contributed by atoms with Crippen molar-refractivity contribution in [2.75, 3.05) is 24.1 Å². The average molecular weight is 376 g/mol. The van der Waals surface area contributed by atoms with E-state index >= 15 is 0 Å². The van der Waals surface area contributed by atoms with Crippen molar-refractivity contribution >= 4 is 22.8 Å². The van der Waals surface area contributed by atoms with Crippen molar-refractivity contribution in [1.29, 1.82) is 0 Å². The molecule has 0 amide bonds. The van der Waals surface area contributed by atoms with E-state index in [9.17, 15) is 13.2 Å². The fourth-order valence-electron chi connectivity index (χ4n) is 3.50. The first-order valence-corrected chi connectivity index (χ1v) is 8.71. The van der Waals surface area contributed by atoms with E-state index in [0.717, 1.165) is 43.6 Å². The van der Waals surface area contributed by atoms with Crippen LogP contribution < -0.4 is 16.4 Å². The normalized spacial score (nSPS) is 18.0. The predicted octanol–water partition coefficient (Wildman–Crippen LogP) is 3.54. The first kappa shape index (κ1) is 17.6. The summed E-state index contributed by atoms with van der Waals surface area (Å²) in [5.74, 6) is 0.550. The van der Waals surface area contributed by atoms with Crippen molar-refractivity contribution in [3.63, 3.8) is 0 Å². The highest BCUT2D eigenvalue weighted by Gasteiger charge is 2.30. The highest BCUT2D eigenvalue weighted by Crippen LogP contribution is 2.37. The third-order valence-electron chi connectivity index (χ3n) is 4.79. The molecule has 2 aromatic heterocycles. The second-order valence-corrected chi connectivity index (χ2v) is 6.61. The first-order chi connectivity index (χ1) is 12.9. The number of hydrogen-bond acceptors (Lipinski definition) is 5. The highest BCUT2D eigenvalue weighted by molar-refractivity contribution is 5.80. The molecule has 1 aliphatic heterocycles. The molecule has 0 bridgehead atoms. The van der Waals surface area contributed by atoms with Crippen molar-refractivity contribution < 1.29 is 13.2 Å². The predicted molar refractivity (Wildman–Crippen MR) is 97.0 cm³/mol. The van der Waals surface area contributed by atoms with Gasteiger partial charge in [-0.3, -0.25) is 0 Å². The quantitative estimate of drug-likeness (QED) is 0.652. The lowest BCUT2D eigenvalue weighted by molar-refractivity contribution is -0.137. The van der Waals surface area contributed by atoms with E-state index in [1.807, 2.05) is 0 Å². The number of nitrogen functional groups attached to an aromatic ring is 1. The monoisotopic (exact) mass is 376 g/mol. The molecule has 9 heteroatoms. The molecular formula is C18H19F3N6. The van der Waals surface area contributed by atoms with Crippen LogP contribution >= 0.6 is 0 Å². The molecule has 3 aromatic rings. The van der Waals surface area contributed by atoms with E-state index in [2.05, 4.69) is 20.7 Å². The number of anilines is 3. The summed E-state index contributed by atoms with van der Waals surface area (Å²) in [6, 6.07) is 4.92. The molecule has 142 valence electrons.